The van der Waals surface area contributed by atoms with E-state index in [1.54, 1.807) is 0 Å². The number of aryl methyl sites for hydroxylation is 2. The van der Waals surface area contributed by atoms with Crippen LogP contribution in [0.1, 0.15) is 37.0 Å². The van der Waals surface area contributed by atoms with Crippen molar-refractivity contribution in [2.24, 2.45) is 11.8 Å². The highest BCUT2D eigenvalue weighted by Crippen LogP contribution is 2.20. The van der Waals surface area contributed by atoms with Gasteiger partial charge in [-0.1, -0.05) is 43.2 Å². The van der Waals surface area contributed by atoms with E-state index in [1.807, 2.05) is 0 Å². The maximum absolute atomic E-state index is 6.04. The predicted molar refractivity (Wildman–Crippen MR) is 73.3 cm³/mol. The quantitative estimate of drug-likeness (QED) is 0.650. The molecule has 0 aliphatic carbocycles. The van der Waals surface area contributed by atoms with E-state index in [1.165, 1.54) is 23.1 Å². The van der Waals surface area contributed by atoms with Crippen molar-refractivity contribution in [3.63, 3.8) is 0 Å². The van der Waals surface area contributed by atoms with Crippen molar-refractivity contribution in [1.82, 2.24) is 0 Å². The fraction of sp³-hybridized carbons (Fsp3) is 0.600. The van der Waals surface area contributed by atoms with Gasteiger partial charge in [0.15, 0.2) is 0 Å². The fourth-order valence-corrected chi connectivity index (χ4v) is 2.62. The molecule has 0 saturated carbocycles. The summed E-state index contributed by atoms with van der Waals surface area (Å²) >= 11 is 6.04. The Morgan fingerprint density at radius 3 is 2.06 bits per heavy atom. The highest BCUT2D eigenvalue weighted by molar-refractivity contribution is 6.18. The van der Waals surface area contributed by atoms with Crippen molar-refractivity contribution in [3.05, 3.63) is 34.9 Å². The summed E-state index contributed by atoms with van der Waals surface area (Å²) in [7, 11) is 0. The van der Waals surface area contributed by atoms with Gasteiger partial charge >= 0.3 is 0 Å². The normalized spacial score (nSPS) is 13.1. The Morgan fingerprint density at radius 1 is 1.06 bits per heavy atom. The molecule has 0 bridgehead atoms. The molecule has 0 fully saturated rings. The molecule has 0 heterocycles. The molecule has 0 spiro atoms. The first-order valence-corrected chi connectivity index (χ1v) is 6.68. The number of rotatable bonds is 5. The third-order valence-corrected chi connectivity index (χ3v) is 3.27. The lowest BCUT2D eigenvalue weighted by Crippen LogP contribution is -2.10. The molecule has 0 aliphatic heterocycles. The Hall–Kier alpha value is -0.490. The van der Waals surface area contributed by atoms with Crippen LogP contribution in [0, 0.1) is 25.7 Å². The highest BCUT2D eigenvalue weighted by atomic mass is 35.5. The second kappa shape index (κ2) is 6.30. The van der Waals surface area contributed by atoms with Crippen molar-refractivity contribution in [2.45, 2.75) is 40.5 Å². The number of alkyl halides is 1. The van der Waals surface area contributed by atoms with Gasteiger partial charge in [-0.05, 0) is 44.1 Å². The summed E-state index contributed by atoms with van der Waals surface area (Å²) in [4.78, 5) is 0. The lowest BCUT2D eigenvalue weighted by molar-refractivity contribution is 0.441. The van der Waals surface area contributed by atoms with Gasteiger partial charge in [0, 0.05) is 5.88 Å². The van der Waals surface area contributed by atoms with E-state index in [9.17, 15) is 0 Å². The summed E-state index contributed by atoms with van der Waals surface area (Å²) < 4.78 is 0. The molecule has 1 heteroatoms. The van der Waals surface area contributed by atoms with Crippen molar-refractivity contribution in [1.29, 1.82) is 0 Å². The molecule has 0 aliphatic rings. The summed E-state index contributed by atoms with van der Waals surface area (Å²) in [6.07, 6.45) is 2.33. The maximum Gasteiger partial charge on any atom is 0.0255 e. The summed E-state index contributed by atoms with van der Waals surface area (Å²) in [5, 5.41) is 0. The predicted octanol–water partition coefficient (Wildman–Crippen LogP) is 4.75. The Labute approximate surface area is 105 Å². The SMILES string of the molecule is Cc1cc(C)cc(CC(CCl)CC(C)C)c1. The third kappa shape index (κ3) is 4.57. The molecule has 0 N–H and O–H groups in total. The molecule has 0 radical (unpaired) electrons. The molecule has 1 aromatic rings. The molecular weight excluding hydrogens is 216 g/mol. The molecule has 1 aromatic carbocycles. The minimum Gasteiger partial charge on any atom is -0.126 e. The largest absolute Gasteiger partial charge is 0.126 e. The zero-order chi connectivity index (χ0) is 12.1. The van der Waals surface area contributed by atoms with Gasteiger partial charge in [0.1, 0.15) is 0 Å². The molecule has 1 rings (SSSR count). The van der Waals surface area contributed by atoms with Crippen LogP contribution in [-0.2, 0) is 6.42 Å². The number of halogens is 1. The van der Waals surface area contributed by atoms with E-state index < -0.39 is 0 Å². The molecule has 0 saturated heterocycles. The smallest absolute Gasteiger partial charge is 0.0255 e. The van der Waals surface area contributed by atoms with E-state index >= 15 is 0 Å². The Morgan fingerprint density at radius 2 is 1.62 bits per heavy atom. The van der Waals surface area contributed by atoms with Crippen LogP contribution in [0.2, 0.25) is 0 Å². The van der Waals surface area contributed by atoms with E-state index in [4.69, 9.17) is 11.6 Å². The zero-order valence-electron chi connectivity index (χ0n) is 10.9. The molecule has 90 valence electrons. The summed E-state index contributed by atoms with van der Waals surface area (Å²) in [5.74, 6) is 2.11. The zero-order valence-corrected chi connectivity index (χ0v) is 11.6. The van der Waals surface area contributed by atoms with Gasteiger partial charge in [-0.15, -0.1) is 11.6 Å². The average Bonchev–Trinajstić information content (AvgIpc) is 2.14. The van der Waals surface area contributed by atoms with Crippen LogP contribution in [0.15, 0.2) is 18.2 Å². The lowest BCUT2D eigenvalue weighted by atomic mass is 9.91. The van der Waals surface area contributed by atoms with Crippen LogP contribution in [0.5, 0.6) is 0 Å². The molecular formula is C15H23Cl. The van der Waals surface area contributed by atoms with Crippen molar-refractivity contribution in [2.75, 3.05) is 5.88 Å². The van der Waals surface area contributed by atoms with E-state index in [-0.39, 0.29) is 0 Å². The summed E-state index contributed by atoms with van der Waals surface area (Å²) in [6.45, 7) is 8.85. The van der Waals surface area contributed by atoms with Crippen LogP contribution < -0.4 is 0 Å². The van der Waals surface area contributed by atoms with Crippen LogP contribution in [0.25, 0.3) is 0 Å². The minimum absolute atomic E-state index is 0.614. The van der Waals surface area contributed by atoms with Gasteiger partial charge < -0.3 is 0 Å². The van der Waals surface area contributed by atoms with E-state index in [0.29, 0.717) is 5.92 Å². The van der Waals surface area contributed by atoms with Gasteiger partial charge in [-0.25, -0.2) is 0 Å². The van der Waals surface area contributed by atoms with Crippen LogP contribution in [0.4, 0.5) is 0 Å². The van der Waals surface area contributed by atoms with Gasteiger partial charge in [0.25, 0.3) is 0 Å². The molecule has 1 unspecified atom stereocenters. The van der Waals surface area contributed by atoms with Gasteiger partial charge in [-0.2, -0.15) is 0 Å². The summed E-state index contributed by atoms with van der Waals surface area (Å²) in [6, 6.07) is 6.79. The van der Waals surface area contributed by atoms with Crippen molar-refractivity contribution in [3.8, 4) is 0 Å². The number of hydrogen-bond donors (Lipinski definition) is 0. The standard InChI is InChI=1S/C15H23Cl/c1-11(2)5-15(10-16)9-14-7-12(3)6-13(4)8-14/h6-8,11,15H,5,9-10H2,1-4H3. The monoisotopic (exact) mass is 238 g/mol. The van der Waals surface area contributed by atoms with Gasteiger partial charge in [0.2, 0.25) is 0 Å². The molecule has 0 amide bonds. The molecule has 0 nitrogen and oxygen atoms in total. The second-order valence-electron chi connectivity index (χ2n) is 5.35. The fourth-order valence-electron chi connectivity index (χ4n) is 2.39. The Bertz CT molecular complexity index is 308. The molecule has 0 aromatic heterocycles. The first kappa shape index (κ1) is 13.6. The first-order chi connectivity index (χ1) is 7.51. The van der Waals surface area contributed by atoms with Gasteiger partial charge in [0.05, 0.1) is 0 Å². The minimum atomic E-state index is 0.614. The lowest BCUT2D eigenvalue weighted by Gasteiger charge is -2.16. The van der Waals surface area contributed by atoms with Crippen LogP contribution in [-0.4, -0.2) is 5.88 Å². The second-order valence-corrected chi connectivity index (χ2v) is 5.66. The number of hydrogen-bond acceptors (Lipinski definition) is 0. The third-order valence-electron chi connectivity index (χ3n) is 2.83. The average molecular weight is 239 g/mol. The van der Waals surface area contributed by atoms with Crippen LogP contribution in [0.3, 0.4) is 0 Å². The van der Waals surface area contributed by atoms with Crippen molar-refractivity contribution >= 4 is 11.6 Å². The number of benzene rings is 1. The van der Waals surface area contributed by atoms with Gasteiger partial charge in [-0.3, -0.25) is 0 Å². The first-order valence-electron chi connectivity index (χ1n) is 6.14. The van der Waals surface area contributed by atoms with Crippen LogP contribution >= 0.6 is 11.6 Å². The Balaban J connectivity index is 2.69. The van der Waals surface area contributed by atoms with E-state index in [2.05, 4.69) is 45.9 Å². The highest BCUT2D eigenvalue weighted by Gasteiger charge is 2.11. The molecule has 16 heavy (non-hydrogen) atoms. The summed E-state index contributed by atoms with van der Waals surface area (Å²) in [5.41, 5.74) is 4.14. The van der Waals surface area contributed by atoms with E-state index in [0.717, 1.165) is 18.2 Å². The Kier molecular flexibility index (Phi) is 5.34. The topological polar surface area (TPSA) is 0 Å². The molecule has 1 atom stereocenters. The van der Waals surface area contributed by atoms with Crippen molar-refractivity contribution < 1.29 is 0 Å². The maximum atomic E-state index is 6.04.